The van der Waals surface area contributed by atoms with E-state index in [1.54, 1.807) is 17.0 Å². The molecule has 0 spiro atoms. The molecule has 0 amide bonds. The van der Waals surface area contributed by atoms with Gasteiger partial charge in [0.15, 0.2) is 5.13 Å². The summed E-state index contributed by atoms with van der Waals surface area (Å²) in [7, 11) is 0. The van der Waals surface area contributed by atoms with Crippen LogP contribution < -0.4 is 4.90 Å². The molecule has 6 heteroatoms. The Bertz CT molecular complexity index is 613. The first kappa shape index (κ1) is 11.4. The number of benzene rings is 1. The summed E-state index contributed by atoms with van der Waals surface area (Å²) in [4.78, 5) is 17.2. The van der Waals surface area contributed by atoms with Gasteiger partial charge in [-0.05, 0) is 25.0 Å². The monoisotopic (exact) mass is 266 g/mol. The Balaban J connectivity index is 2.04. The molecule has 1 saturated heterocycles. The molecule has 4 nitrogen and oxygen atoms in total. The van der Waals surface area contributed by atoms with Crippen LogP contribution in [0.25, 0.3) is 10.2 Å². The number of fused-ring (bicyclic) bond motifs is 1. The molecule has 18 heavy (non-hydrogen) atoms. The minimum absolute atomic E-state index is 0.303. The Kier molecular flexibility index (Phi) is 2.66. The van der Waals surface area contributed by atoms with Crippen molar-refractivity contribution in [3.05, 3.63) is 24.0 Å². The number of hydrogen-bond donors (Lipinski definition) is 1. The van der Waals surface area contributed by atoms with E-state index in [1.165, 1.54) is 17.4 Å². The van der Waals surface area contributed by atoms with E-state index in [2.05, 4.69) is 4.98 Å². The van der Waals surface area contributed by atoms with Crippen LogP contribution in [-0.4, -0.2) is 28.6 Å². The van der Waals surface area contributed by atoms with Crippen molar-refractivity contribution in [3.63, 3.8) is 0 Å². The van der Waals surface area contributed by atoms with Crippen molar-refractivity contribution in [1.82, 2.24) is 4.98 Å². The third-order valence-corrected chi connectivity index (χ3v) is 4.26. The van der Waals surface area contributed by atoms with E-state index in [4.69, 9.17) is 5.11 Å². The molecular weight excluding hydrogens is 255 g/mol. The van der Waals surface area contributed by atoms with Crippen molar-refractivity contribution < 1.29 is 14.3 Å². The summed E-state index contributed by atoms with van der Waals surface area (Å²) in [5, 5.41) is 9.73. The highest BCUT2D eigenvalue weighted by Gasteiger charge is 2.32. The maximum atomic E-state index is 13.6. The molecule has 0 aliphatic carbocycles. The summed E-state index contributed by atoms with van der Waals surface area (Å²) in [5.74, 6) is -1.14. The average molecular weight is 266 g/mol. The van der Waals surface area contributed by atoms with Crippen LogP contribution in [0.1, 0.15) is 12.8 Å². The van der Waals surface area contributed by atoms with Gasteiger partial charge in [0.05, 0.1) is 10.2 Å². The van der Waals surface area contributed by atoms with Crippen LogP contribution in [-0.2, 0) is 4.79 Å². The minimum atomic E-state index is -0.841. The van der Waals surface area contributed by atoms with Gasteiger partial charge < -0.3 is 10.0 Å². The van der Waals surface area contributed by atoms with Gasteiger partial charge in [0.2, 0.25) is 0 Å². The molecule has 2 heterocycles. The van der Waals surface area contributed by atoms with Gasteiger partial charge in [0.1, 0.15) is 11.9 Å². The van der Waals surface area contributed by atoms with Gasteiger partial charge >= 0.3 is 5.97 Å². The fraction of sp³-hybridized carbons (Fsp3) is 0.333. The number of anilines is 1. The highest BCUT2D eigenvalue weighted by atomic mass is 32.1. The zero-order valence-electron chi connectivity index (χ0n) is 9.47. The Labute approximate surface area is 107 Å². The Morgan fingerprint density at radius 1 is 1.56 bits per heavy atom. The average Bonchev–Trinajstić information content (AvgIpc) is 2.95. The van der Waals surface area contributed by atoms with Gasteiger partial charge in [-0.25, -0.2) is 14.2 Å². The molecule has 1 aromatic heterocycles. The van der Waals surface area contributed by atoms with Gasteiger partial charge in [-0.3, -0.25) is 0 Å². The lowest BCUT2D eigenvalue weighted by molar-refractivity contribution is -0.138. The Morgan fingerprint density at radius 3 is 3.11 bits per heavy atom. The second-order valence-corrected chi connectivity index (χ2v) is 5.25. The maximum Gasteiger partial charge on any atom is 0.326 e. The van der Waals surface area contributed by atoms with E-state index in [-0.39, 0.29) is 5.82 Å². The van der Waals surface area contributed by atoms with E-state index in [0.29, 0.717) is 28.3 Å². The first-order valence-electron chi connectivity index (χ1n) is 5.71. The third kappa shape index (κ3) is 1.73. The molecule has 1 aliphatic heterocycles. The zero-order valence-corrected chi connectivity index (χ0v) is 10.3. The highest BCUT2D eigenvalue weighted by molar-refractivity contribution is 7.22. The molecule has 0 bridgehead atoms. The number of hydrogen-bond acceptors (Lipinski definition) is 4. The lowest BCUT2D eigenvalue weighted by Gasteiger charge is -2.19. The van der Waals surface area contributed by atoms with E-state index in [0.717, 1.165) is 6.42 Å². The third-order valence-electron chi connectivity index (χ3n) is 3.14. The van der Waals surface area contributed by atoms with Crippen LogP contribution in [0.5, 0.6) is 0 Å². The molecule has 1 aromatic carbocycles. The summed E-state index contributed by atoms with van der Waals surface area (Å²) in [6, 6.07) is 4.21. The molecule has 0 radical (unpaired) electrons. The summed E-state index contributed by atoms with van der Waals surface area (Å²) >= 11 is 1.22. The molecule has 94 valence electrons. The van der Waals surface area contributed by atoms with E-state index in [9.17, 15) is 9.18 Å². The number of carbonyl (C=O) groups is 1. The molecule has 1 aliphatic rings. The van der Waals surface area contributed by atoms with Crippen LogP contribution in [0.4, 0.5) is 9.52 Å². The number of nitrogens with zero attached hydrogens (tertiary/aromatic N) is 2. The van der Waals surface area contributed by atoms with Gasteiger partial charge in [-0.2, -0.15) is 0 Å². The fourth-order valence-electron chi connectivity index (χ4n) is 2.28. The van der Waals surface area contributed by atoms with E-state index in [1.807, 2.05) is 0 Å². The van der Waals surface area contributed by atoms with Gasteiger partial charge in [-0.1, -0.05) is 17.4 Å². The molecule has 2 aromatic rings. The van der Waals surface area contributed by atoms with Crippen molar-refractivity contribution in [1.29, 1.82) is 0 Å². The SMILES string of the molecule is O=C(O)[C@@H]1CCCN1c1nc2cccc(F)c2s1. The Morgan fingerprint density at radius 2 is 2.39 bits per heavy atom. The van der Waals surface area contributed by atoms with Crippen LogP contribution in [0, 0.1) is 5.82 Å². The second-order valence-electron chi connectivity index (χ2n) is 4.27. The van der Waals surface area contributed by atoms with Crippen molar-refractivity contribution >= 4 is 32.7 Å². The van der Waals surface area contributed by atoms with Crippen LogP contribution in [0.3, 0.4) is 0 Å². The van der Waals surface area contributed by atoms with Crippen LogP contribution in [0.2, 0.25) is 0 Å². The largest absolute Gasteiger partial charge is 0.480 e. The number of aromatic nitrogens is 1. The maximum absolute atomic E-state index is 13.6. The number of rotatable bonds is 2. The molecule has 1 atom stereocenters. The number of carboxylic acid groups (broad SMARTS) is 1. The Hall–Kier alpha value is -1.69. The number of halogens is 1. The highest BCUT2D eigenvalue weighted by Crippen LogP contribution is 2.34. The number of thiazole rings is 1. The fourth-order valence-corrected chi connectivity index (χ4v) is 3.33. The first-order chi connectivity index (χ1) is 8.66. The lowest BCUT2D eigenvalue weighted by atomic mass is 10.2. The lowest BCUT2D eigenvalue weighted by Crippen LogP contribution is -2.35. The molecular formula is C12H11FN2O2S. The van der Waals surface area contributed by atoms with Gasteiger partial charge in [0, 0.05) is 6.54 Å². The predicted octanol–water partition coefficient (Wildman–Crippen LogP) is 2.49. The topological polar surface area (TPSA) is 53.4 Å². The predicted molar refractivity (Wildman–Crippen MR) is 67.6 cm³/mol. The van der Waals surface area contributed by atoms with Gasteiger partial charge in [0.25, 0.3) is 0 Å². The van der Waals surface area contributed by atoms with Crippen LogP contribution >= 0.6 is 11.3 Å². The molecule has 0 saturated carbocycles. The smallest absolute Gasteiger partial charge is 0.326 e. The molecule has 1 N–H and O–H groups in total. The summed E-state index contributed by atoms with van der Waals surface area (Å²) < 4.78 is 14.1. The zero-order chi connectivity index (χ0) is 12.7. The van der Waals surface area contributed by atoms with E-state index < -0.39 is 12.0 Å². The summed E-state index contributed by atoms with van der Waals surface area (Å²) in [6.45, 7) is 0.665. The standard InChI is InChI=1S/C12H11FN2O2S/c13-7-3-1-4-8-10(7)18-12(14-8)15-6-2-5-9(15)11(16)17/h1,3-4,9H,2,5-6H2,(H,16,17)/t9-/m0/s1. The first-order valence-corrected chi connectivity index (χ1v) is 6.53. The minimum Gasteiger partial charge on any atom is -0.480 e. The molecule has 0 unspecified atom stereocenters. The summed E-state index contributed by atoms with van der Waals surface area (Å²) in [5.41, 5.74) is 0.589. The van der Waals surface area contributed by atoms with Crippen molar-refractivity contribution in [2.24, 2.45) is 0 Å². The van der Waals surface area contributed by atoms with Crippen molar-refractivity contribution in [2.45, 2.75) is 18.9 Å². The second kappa shape index (κ2) is 4.20. The van der Waals surface area contributed by atoms with Crippen molar-refractivity contribution in [2.75, 3.05) is 11.4 Å². The number of carboxylic acids is 1. The normalized spacial score (nSPS) is 19.6. The number of aliphatic carboxylic acids is 1. The quantitative estimate of drug-likeness (QED) is 0.907. The molecule has 1 fully saturated rings. The van der Waals surface area contributed by atoms with Crippen LogP contribution in [0.15, 0.2) is 18.2 Å². The van der Waals surface area contributed by atoms with Crippen molar-refractivity contribution in [3.8, 4) is 0 Å². The van der Waals surface area contributed by atoms with E-state index >= 15 is 0 Å². The van der Waals surface area contributed by atoms with Gasteiger partial charge in [-0.15, -0.1) is 0 Å². The molecule has 3 rings (SSSR count). The summed E-state index contributed by atoms with van der Waals surface area (Å²) in [6.07, 6.45) is 1.45.